The summed E-state index contributed by atoms with van der Waals surface area (Å²) in [5, 5.41) is 3.51. The molecule has 3 heterocycles. The predicted molar refractivity (Wildman–Crippen MR) is 115 cm³/mol. The lowest BCUT2D eigenvalue weighted by atomic mass is 10.2. The molecule has 0 bridgehead atoms. The molecule has 7 nitrogen and oxygen atoms in total. The lowest BCUT2D eigenvalue weighted by Crippen LogP contribution is -2.33. The van der Waals surface area contributed by atoms with Crippen LogP contribution in [0.25, 0.3) is 11.0 Å². The SMILES string of the molecule is COc1cc(N2CCn3c(nc4cc(Cl)ccc43)C2)ccc1NC(=O)c1ccco1. The Balaban J connectivity index is 1.39. The number of carbonyl (C=O) groups excluding carboxylic acids is 1. The number of hydrogen-bond donors (Lipinski definition) is 1. The topological polar surface area (TPSA) is 72.5 Å². The van der Waals surface area contributed by atoms with Crippen LogP contribution in [-0.2, 0) is 13.1 Å². The molecular formula is C22H19ClN4O3. The van der Waals surface area contributed by atoms with Crippen molar-refractivity contribution in [1.29, 1.82) is 0 Å². The summed E-state index contributed by atoms with van der Waals surface area (Å²) in [7, 11) is 1.58. The summed E-state index contributed by atoms with van der Waals surface area (Å²) in [5.41, 5.74) is 3.59. The summed E-state index contributed by atoms with van der Waals surface area (Å²) in [6, 6.07) is 14.8. The molecule has 0 atom stereocenters. The second-order valence-electron chi connectivity index (χ2n) is 7.05. The largest absolute Gasteiger partial charge is 0.494 e. The van der Waals surface area contributed by atoms with Crippen molar-refractivity contribution < 1.29 is 13.9 Å². The minimum atomic E-state index is -0.323. The molecule has 0 spiro atoms. The van der Waals surface area contributed by atoms with Gasteiger partial charge < -0.3 is 23.9 Å². The average molecular weight is 423 g/mol. The zero-order valence-electron chi connectivity index (χ0n) is 16.3. The van der Waals surface area contributed by atoms with Gasteiger partial charge >= 0.3 is 0 Å². The van der Waals surface area contributed by atoms with E-state index in [4.69, 9.17) is 25.7 Å². The Morgan fingerprint density at radius 3 is 2.90 bits per heavy atom. The number of methoxy groups -OCH3 is 1. The van der Waals surface area contributed by atoms with Gasteiger partial charge in [-0.05, 0) is 42.5 Å². The molecule has 1 N–H and O–H groups in total. The molecule has 0 fully saturated rings. The number of amides is 1. The van der Waals surface area contributed by atoms with Gasteiger partial charge in [0.25, 0.3) is 5.91 Å². The van der Waals surface area contributed by atoms with Crippen LogP contribution in [-0.4, -0.2) is 29.1 Å². The van der Waals surface area contributed by atoms with Crippen molar-refractivity contribution in [3.05, 3.63) is 71.4 Å². The third-order valence-electron chi connectivity index (χ3n) is 5.26. The first-order chi connectivity index (χ1) is 14.6. The number of benzene rings is 2. The molecule has 1 aliphatic rings. The van der Waals surface area contributed by atoms with Crippen LogP contribution in [0.5, 0.6) is 5.75 Å². The van der Waals surface area contributed by atoms with Gasteiger partial charge in [0.05, 0.1) is 36.6 Å². The zero-order valence-corrected chi connectivity index (χ0v) is 17.0. The number of fused-ring (bicyclic) bond motifs is 3. The maximum atomic E-state index is 12.3. The van der Waals surface area contributed by atoms with Gasteiger partial charge in [0.2, 0.25) is 0 Å². The van der Waals surface area contributed by atoms with Gasteiger partial charge in [-0.1, -0.05) is 11.6 Å². The second kappa shape index (κ2) is 7.42. The fourth-order valence-corrected chi connectivity index (χ4v) is 3.95. The van der Waals surface area contributed by atoms with E-state index in [9.17, 15) is 4.79 Å². The molecule has 2 aromatic heterocycles. The molecule has 5 rings (SSSR count). The molecule has 8 heteroatoms. The first-order valence-corrected chi connectivity index (χ1v) is 9.92. The number of ether oxygens (including phenoxy) is 1. The molecule has 1 amide bonds. The van der Waals surface area contributed by atoms with Gasteiger partial charge in [0.15, 0.2) is 5.76 Å². The Kier molecular flexibility index (Phi) is 4.59. The molecular weight excluding hydrogens is 404 g/mol. The Hall–Kier alpha value is -3.45. The summed E-state index contributed by atoms with van der Waals surface area (Å²) >= 11 is 6.11. The van der Waals surface area contributed by atoms with E-state index < -0.39 is 0 Å². The average Bonchev–Trinajstić information content (AvgIpc) is 3.41. The molecule has 0 radical (unpaired) electrons. The van der Waals surface area contributed by atoms with Gasteiger partial charge in [-0.2, -0.15) is 0 Å². The maximum Gasteiger partial charge on any atom is 0.291 e. The molecule has 0 saturated carbocycles. The molecule has 2 aromatic carbocycles. The highest BCUT2D eigenvalue weighted by molar-refractivity contribution is 6.31. The Morgan fingerprint density at radius 1 is 1.20 bits per heavy atom. The summed E-state index contributed by atoms with van der Waals surface area (Å²) in [6.45, 7) is 2.34. The normalized spacial score (nSPS) is 13.3. The number of carbonyl (C=O) groups is 1. The van der Waals surface area contributed by atoms with E-state index >= 15 is 0 Å². The van der Waals surface area contributed by atoms with Crippen LogP contribution in [0.15, 0.2) is 59.2 Å². The minimum Gasteiger partial charge on any atom is -0.494 e. The fourth-order valence-electron chi connectivity index (χ4n) is 3.79. The molecule has 4 aromatic rings. The van der Waals surface area contributed by atoms with Gasteiger partial charge in [-0.15, -0.1) is 0 Å². The number of hydrogen-bond acceptors (Lipinski definition) is 5. The molecule has 1 aliphatic heterocycles. The maximum absolute atomic E-state index is 12.3. The molecule has 0 unspecified atom stereocenters. The number of nitrogens with one attached hydrogen (secondary N) is 1. The second-order valence-corrected chi connectivity index (χ2v) is 7.49. The highest BCUT2D eigenvalue weighted by atomic mass is 35.5. The number of imidazole rings is 1. The van der Waals surface area contributed by atoms with Crippen molar-refractivity contribution >= 4 is 39.9 Å². The van der Waals surface area contributed by atoms with Crippen molar-refractivity contribution in [2.75, 3.05) is 23.9 Å². The van der Waals surface area contributed by atoms with Crippen LogP contribution in [0.1, 0.15) is 16.4 Å². The summed E-state index contributed by atoms with van der Waals surface area (Å²) in [6.07, 6.45) is 1.47. The van der Waals surface area contributed by atoms with Crippen LogP contribution in [0.2, 0.25) is 5.02 Å². The van der Waals surface area contributed by atoms with E-state index in [1.807, 2.05) is 36.4 Å². The van der Waals surface area contributed by atoms with Gasteiger partial charge in [0, 0.05) is 29.9 Å². The van der Waals surface area contributed by atoms with Crippen molar-refractivity contribution in [1.82, 2.24) is 9.55 Å². The van der Waals surface area contributed by atoms with Gasteiger partial charge in [-0.25, -0.2) is 4.98 Å². The quantitative estimate of drug-likeness (QED) is 0.521. The summed E-state index contributed by atoms with van der Waals surface area (Å²) < 4.78 is 12.9. The first kappa shape index (κ1) is 18.6. The Morgan fingerprint density at radius 2 is 2.10 bits per heavy atom. The number of aromatic nitrogens is 2. The predicted octanol–water partition coefficient (Wildman–Crippen LogP) is 4.56. The van der Waals surface area contributed by atoms with E-state index in [0.717, 1.165) is 35.6 Å². The number of halogens is 1. The number of rotatable bonds is 4. The Labute approximate surface area is 177 Å². The minimum absolute atomic E-state index is 0.246. The third-order valence-corrected chi connectivity index (χ3v) is 5.49. The van der Waals surface area contributed by atoms with Crippen molar-refractivity contribution in [3.8, 4) is 5.75 Å². The van der Waals surface area contributed by atoms with Crippen molar-refractivity contribution in [2.45, 2.75) is 13.1 Å². The summed E-state index contributed by atoms with van der Waals surface area (Å²) in [5.74, 6) is 1.50. The van der Waals surface area contributed by atoms with E-state index in [1.165, 1.54) is 6.26 Å². The molecule has 0 saturated heterocycles. The summed E-state index contributed by atoms with van der Waals surface area (Å²) in [4.78, 5) is 19.3. The fraction of sp³-hybridized carbons (Fsp3) is 0.182. The van der Waals surface area contributed by atoms with E-state index in [2.05, 4.69) is 14.8 Å². The van der Waals surface area contributed by atoms with Crippen LogP contribution in [0.4, 0.5) is 11.4 Å². The standard InChI is InChI=1S/C22H19ClN4O3/c1-29-20-12-15(5-6-16(20)25-22(28)19-3-2-10-30-19)26-8-9-27-18-7-4-14(23)11-17(18)24-21(27)13-26/h2-7,10-12H,8-9,13H2,1H3,(H,25,28). The number of furan rings is 1. The highest BCUT2D eigenvalue weighted by Gasteiger charge is 2.22. The number of nitrogens with zero attached hydrogens (tertiary/aromatic N) is 3. The molecule has 30 heavy (non-hydrogen) atoms. The van der Waals surface area contributed by atoms with E-state index in [1.54, 1.807) is 19.2 Å². The van der Waals surface area contributed by atoms with E-state index in [0.29, 0.717) is 23.0 Å². The van der Waals surface area contributed by atoms with E-state index in [-0.39, 0.29) is 11.7 Å². The zero-order chi connectivity index (χ0) is 20.7. The smallest absolute Gasteiger partial charge is 0.291 e. The third kappa shape index (κ3) is 3.27. The number of anilines is 2. The Bertz CT molecular complexity index is 1230. The lowest BCUT2D eigenvalue weighted by molar-refractivity contribution is 0.0996. The van der Waals surface area contributed by atoms with Crippen molar-refractivity contribution in [3.63, 3.8) is 0 Å². The first-order valence-electron chi connectivity index (χ1n) is 9.55. The van der Waals surface area contributed by atoms with Crippen LogP contribution < -0.4 is 15.0 Å². The van der Waals surface area contributed by atoms with Crippen molar-refractivity contribution in [2.24, 2.45) is 0 Å². The molecule has 0 aliphatic carbocycles. The monoisotopic (exact) mass is 422 g/mol. The lowest BCUT2D eigenvalue weighted by Gasteiger charge is -2.30. The molecule has 152 valence electrons. The highest BCUT2D eigenvalue weighted by Crippen LogP contribution is 2.32. The van der Waals surface area contributed by atoms with Crippen LogP contribution in [0.3, 0.4) is 0 Å². The van der Waals surface area contributed by atoms with Crippen LogP contribution >= 0.6 is 11.6 Å². The van der Waals surface area contributed by atoms with Gasteiger partial charge in [-0.3, -0.25) is 4.79 Å². The van der Waals surface area contributed by atoms with Gasteiger partial charge in [0.1, 0.15) is 11.6 Å². The van der Waals surface area contributed by atoms with Crippen LogP contribution in [0, 0.1) is 0 Å².